The minimum atomic E-state index is -0.660. The van der Waals surface area contributed by atoms with Gasteiger partial charge in [-0.2, -0.15) is 0 Å². The van der Waals surface area contributed by atoms with Crippen molar-refractivity contribution in [1.82, 2.24) is 0 Å². The summed E-state index contributed by atoms with van der Waals surface area (Å²) in [6, 6.07) is 9.24. The molecule has 94 valence electrons. The Labute approximate surface area is 112 Å². The molecule has 18 heavy (non-hydrogen) atoms. The predicted molar refractivity (Wildman–Crippen MR) is 71.2 cm³/mol. The predicted octanol–water partition coefficient (Wildman–Crippen LogP) is 3.61. The van der Waals surface area contributed by atoms with Crippen LogP contribution in [0.25, 0.3) is 0 Å². The van der Waals surface area contributed by atoms with Crippen molar-refractivity contribution < 1.29 is 14.6 Å². The number of aromatic hydroxyl groups is 2. The first-order valence-electron chi connectivity index (χ1n) is 5.26. The number of nitrogens with one attached hydrogen (secondary N) is 1. The summed E-state index contributed by atoms with van der Waals surface area (Å²) >= 11 is 3.22. The molecule has 5 heteroatoms. The van der Waals surface area contributed by atoms with Gasteiger partial charge < -0.3 is 15.5 Å². The first-order chi connectivity index (χ1) is 8.56. The van der Waals surface area contributed by atoms with E-state index in [0.717, 1.165) is 5.56 Å². The van der Waals surface area contributed by atoms with Crippen LogP contribution in [0, 0.1) is 5.82 Å². The molecular weight excluding hydrogens is 301 g/mol. The van der Waals surface area contributed by atoms with E-state index in [0.29, 0.717) is 16.7 Å². The summed E-state index contributed by atoms with van der Waals surface area (Å²) in [7, 11) is 0. The van der Waals surface area contributed by atoms with Crippen molar-refractivity contribution >= 4 is 21.6 Å². The third kappa shape index (κ3) is 2.92. The zero-order chi connectivity index (χ0) is 13.1. The third-order valence-corrected chi connectivity index (χ3v) is 3.09. The van der Waals surface area contributed by atoms with Crippen molar-refractivity contribution in [2.24, 2.45) is 0 Å². The van der Waals surface area contributed by atoms with E-state index in [1.54, 1.807) is 24.3 Å². The highest BCUT2D eigenvalue weighted by Gasteiger charge is 2.02. The van der Waals surface area contributed by atoms with Crippen molar-refractivity contribution in [3.8, 4) is 11.5 Å². The second-order valence-electron chi connectivity index (χ2n) is 3.81. The van der Waals surface area contributed by atoms with Crippen molar-refractivity contribution in [2.45, 2.75) is 6.54 Å². The molecular formula is C13H11BrFNO2. The van der Waals surface area contributed by atoms with Crippen LogP contribution in [-0.4, -0.2) is 10.2 Å². The van der Waals surface area contributed by atoms with Gasteiger partial charge in [0.25, 0.3) is 0 Å². The molecule has 0 aliphatic heterocycles. The summed E-state index contributed by atoms with van der Waals surface area (Å²) < 4.78 is 13.7. The van der Waals surface area contributed by atoms with Gasteiger partial charge in [-0.05, 0) is 45.8 Å². The van der Waals surface area contributed by atoms with Gasteiger partial charge in [0.2, 0.25) is 0 Å². The van der Waals surface area contributed by atoms with Gasteiger partial charge in [0.1, 0.15) is 5.75 Å². The molecule has 0 unspecified atom stereocenters. The fourth-order valence-electron chi connectivity index (χ4n) is 1.48. The van der Waals surface area contributed by atoms with Crippen LogP contribution in [0.4, 0.5) is 10.1 Å². The summed E-state index contributed by atoms with van der Waals surface area (Å²) in [5.41, 5.74) is 1.52. The number of rotatable bonds is 3. The molecule has 0 amide bonds. The molecule has 3 nitrogen and oxygen atoms in total. The van der Waals surface area contributed by atoms with Gasteiger partial charge in [-0.1, -0.05) is 6.07 Å². The highest BCUT2D eigenvalue weighted by atomic mass is 79.9. The van der Waals surface area contributed by atoms with Crippen molar-refractivity contribution in [1.29, 1.82) is 0 Å². The Morgan fingerprint density at radius 1 is 1.06 bits per heavy atom. The van der Waals surface area contributed by atoms with Crippen LogP contribution in [0.5, 0.6) is 11.5 Å². The molecule has 0 fully saturated rings. The van der Waals surface area contributed by atoms with Crippen molar-refractivity contribution in [3.05, 3.63) is 52.3 Å². The Bertz CT molecular complexity index is 523. The zero-order valence-corrected chi connectivity index (χ0v) is 10.9. The lowest BCUT2D eigenvalue weighted by Gasteiger charge is -2.08. The van der Waals surface area contributed by atoms with Crippen LogP contribution in [0.2, 0.25) is 0 Å². The van der Waals surface area contributed by atoms with E-state index in [9.17, 15) is 9.50 Å². The van der Waals surface area contributed by atoms with Gasteiger partial charge in [-0.15, -0.1) is 0 Å². The summed E-state index contributed by atoms with van der Waals surface area (Å²) in [5.74, 6) is -0.853. The maximum atomic E-state index is 13.1. The molecule has 0 saturated heterocycles. The van der Waals surface area contributed by atoms with Gasteiger partial charge >= 0.3 is 0 Å². The lowest BCUT2D eigenvalue weighted by molar-refractivity contribution is 0.432. The minimum absolute atomic E-state index is 0.175. The van der Waals surface area contributed by atoms with Crippen molar-refractivity contribution in [3.63, 3.8) is 0 Å². The summed E-state index contributed by atoms with van der Waals surface area (Å²) in [6.45, 7) is 0.489. The standard InChI is InChI=1S/C13H11BrFNO2/c14-10-5-8(1-3-12(10)17)7-16-9-2-4-13(18)11(15)6-9/h1-6,16-18H,7H2. The molecule has 2 rings (SSSR count). The molecule has 0 saturated carbocycles. The summed E-state index contributed by atoms with van der Waals surface area (Å²) in [5, 5.41) is 21.4. The van der Waals surface area contributed by atoms with Gasteiger partial charge in [0.05, 0.1) is 4.47 Å². The maximum absolute atomic E-state index is 13.1. The van der Waals surface area contributed by atoms with Crippen molar-refractivity contribution in [2.75, 3.05) is 5.32 Å². The Morgan fingerprint density at radius 3 is 2.44 bits per heavy atom. The fraction of sp³-hybridized carbons (Fsp3) is 0.0769. The monoisotopic (exact) mass is 311 g/mol. The second-order valence-corrected chi connectivity index (χ2v) is 4.66. The Kier molecular flexibility index (Phi) is 3.72. The molecule has 0 spiro atoms. The molecule has 2 aromatic rings. The zero-order valence-electron chi connectivity index (χ0n) is 9.32. The Hall–Kier alpha value is -1.75. The highest BCUT2D eigenvalue weighted by molar-refractivity contribution is 9.10. The molecule has 0 heterocycles. The van der Waals surface area contributed by atoms with Gasteiger partial charge in [0.15, 0.2) is 11.6 Å². The van der Waals surface area contributed by atoms with E-state index >= 15 is 0 Å². The van der Waals surface area contributed by atoms with Crippen LogP contribution < -0.4 is 5.32 Å². The van der Waals surface area contributed by atoms with Gasteiger partial charge in [0, 0.05) is 18.3 Å². The molecule has 0 atom stereocenters. The molecule has 3 N–H and O–H groups in total. The Morgan fingerprint density at radius 2 is 1.78 bits per heavy atom. The third-order valence-electron chi connectivity index (χ3n) is 2.46. The lowest BCUT2D eigenvalue weighted by atomic mass is 10.2. The first-order valence-corrected chi connectivity index (χ1v) is 6.05. The molecule has 0 radical (unpaired) electrons. The van der Waals surface area contributed by atoms with Crippen LogP contribution in [0.3, 0.4) is 0 Å². The number of halogens is 2. The van der Waals surface area contributed by atoms with Gasteiger partial charge in [-0.3, -0.25) is 0 Å². The number of phenolic OH excluding ortho intramolecular Hbond substituents is 2. The van der Waals surface area contributed by atoms with E-state index in [4.69, 9.17) is 5.11 Å². The average Bonchev–Trinajstić information content (AvgIpc) is 2.35. The highest BCUT2D eigenvalue weighted by Crippen LogP contribution is 2.25. The van der Waals surface area contributed by atoms with Crippen LogP contribution in [-0.2, 0) is 6.54 Å². The van der Waals surface area contributed by atoms with E-state index in [2.05, 4.69) is 21.2 Å². The van der Waals surface area contributed by atoms with Crippen LogP contribution in [0.1, 0.15) is 5.56 Å². The number of hydrogen-bond donors (Lipinski definition) is 3. The minimum Gasteiger partial charge on any atom is -0.507 e. The number of benzene rings is 2. The first kappa shape index (κ1) is 12.7. The molecule has 0 aliphatic rings. The quantitative estimate of drug-likeness (QED) is 0.759. The average molecular weight is 312 g/mol. The topological polar surface area (TPSA) is 52.5 Å². The smallest absolute Gasteiger partial charge is 0.166 e. The molecule has 0 aromatic heterocycles. The SMILES string of the molecule is Oc1ccc(NCc2ccc(O)c(Br)c2)cc1F. The van der Waals surface area contributed by atoms with Crippen LogP contribution in [0.15, 0.2) is 40.9 Å². The van der Waals surface area contributed by atoms with E-state index in [-0.39, 0.29) is 11.5 Å². The Balaban J connectivity index is 2.06. The number of anilines is 1. The molecule has 2 aromatic carbocycles. The van der Waals surface area contributed by atoms with Crippen LogP contribution >= 0.6 is 15.9 Å². The van der Waals surface area contributed by atoms with E-state index in [1.807, 2.05) is 0 Å². The maximum Gasteiger partial charge on any atom is 0.166 e. The van der Waals surface area contributed by atoms with E-state index < -0.39 is 5.82 Å². The molecule has 0 bridgehead atoms. The number of phenols is 2. The largest absolute Gasteiger partial charge is 0.507 e. The summed E-state index contributed by atoms with van der Waals surface area (Å²) in [4.78, 5) is 0. The fourth-order valence-corrected chi connectivity index (χ4v) is 1.91. The molecule has 0 aliphatic carbocycles. The van der Waals surface area contributed by atoms with E-state index in [1.165, 1.54) is 12.1 Å². The lowest BCUT2D eigenvalue weighted by Crippen LogP contribution is -1.99. The number of hydrogen-bond acceptors (Lipinski definition) is 3. The normalized spacial score (nSPS) is 10.3. The summed E-state index contributed by atoms with van der Waals surface area (Å²) in [6.07, 6.45) is 0. The van der Waals surface area contributed by atoms with Gasteiger partial charge in [-0.25, -0.2) is 4.39 Å². The second kappa shape index (κ2) is 5.27.